The summed E-state index contributed by atoms with van der Waals surface area (Å²) in [6, 6.07) is -1.15. The van der Waals surface area contributed by atoms with Gasteiger partial charge in [0.15, 0.2) is 6.61 Å². The number of rotatable bonds is 4. The summed E-state index contributed by atoms with van der Waals surface area (Å²) in [7, 11) is 0. The first kappa shape index (κ1) is 18.2. The lowest BCUT2D eigenvalue weighted by Gasteiger charge is -2.36. The van der Waals surface area contributed by atoms with E-state index in [1.54, 1.807) is 0 Å². The van der Waals surface area contributed by atoms with Crippen LogP contribution >= 0.6 is 0 Å². The Bertz CT molecular complexity index is 665. The largest absolute Gasteiger partial charge is 0.454 e. The molecular formula is C16H22N4O6. The van der Waals surface area contributed by atoms with Gasteiger partial charge < -0.3 is 15.4 Å². The van der Waals surface area contributed by atoms with Crippen LogP contribution in [0, 0.1) is 5.92 Å². The summed E-state index contributed by atoms with van der Waals surface area (Å²) in [5.41, 5.74) is -0.945. The first-order chi connectivity index (χ1) is 12.3. The van der Waals surface area contributed by atoms with Crippen LogP contribution in [-0.2, 0) is 19.1 Å². The average Bonchev–Trinajstić information content (AvgIpc) is 3.13. The van der Waals surface area contributed by atoms with E-state index in [2.05, 4.69) is 10.6 Å². The van der Waals surface area contributed by atoms with Gasteiger partial charge in [-0.1, -0.05) is 19.8 Å². The SMILES string of the molecule is C[C@@H]1CCCC[C@@]12NC(=O)N(CC(=O)OCC(=O)N1CCNC1=O)C2=O. The molecule has 2 atom stereocenters. The van der Waals surface area contributed by atoms with E-state index in [9.17, 15) is 24.0 Å². The van der Waals surface area contributed by atoms with Gasteiger partial charge in [-0.15, -0.1) is 0 Å². The van der Waals surface area contributed by atoms with Gasteiger partial charge in [0.25, 0.3) is 11.8 Å². The molecule has 0 aromatic heterocycles. The van der Waals surface area contributed by atoms with E-state index in [1.165, 1.54) is 0 Å². The molecule has 3 rings (SSSR count). The zero-order valence-electron chi connectivity index (χ0n) is 14.6. The van der Waals surface area contributed by atoms with E-state index in [-0.39, 0.29) is 12.5 Å². The highest BCUT2D eigenvalue weighted by atomic mass is 16.5. The topological polar surface area (TPSA) is 125 Å². The van der Waals surface area contributed by atoms with Crippen molar-refractivity contribution < 1.29 is 28.7 Å². The van der Waals surface area contributed by atoms with E-state index in [0.29, 0.717) is 13.0 Å². The van der Waals surface area contributed by atoms with Gasteiger partial charge in [-0.05, 0) is 18.8 Å². The number of esters is 1. The monoisotopic (exact) mass is 366 g/mol. The van der Waals surface area contributed by atoms with Gasteiger partial charge in [-0.3, -0.25) is 24.2 Å². The third kappa shape index (κ3) is 3.11. The van der Waals surface area contributed by atoms with E-state index in [1.807, 2.05) is 6.92 Å². The highest BCUT2D eigenvalue weighted by Gasteiger charge is 2.55. The molecule has 0 bridgehead atoms. The van der Waals surface area contributed by atoms with Gasteiger partial charge in [0.1, 0.15) is 12.1 Å². The second kappa shape index (κ2) is 6.93. The van der Waals surface area contributed by atoms with E-state index >= 15 is 0 Å². The highest BCUT2D eigenvalue weighted by molar-refractivity contribution is 6.09. The number of imide groups is 2. The van der Waals surface area contributed by atoms with Crippen LogP contribution in [0.25, 0.3) is 0 Å². The van der Waals surface area contributed by atoms with Crippen LogP contribution in [0.5, 0.6) is 0 Å². The van der Waals surface area contributed by atoms with Crippen molar-refractivity contribution in [3.63, 3.8) is 0 Å². The minimum atomic E-state index is -0.945. The number of hydrogen-bond acceptors (Lipinski definition) is 6. The van der Waals surface area contributed by atoms with Gasteiger partial charge in [-0.25, -0.2) is 9.59 Å². The fourth-order valence-electron chi connectivity index (χ4n) is 3.74. The number of hydrogen-bond donors (Lipinski definition) is 2. The molecule has 6 amide bonds. The Labute approximate surface area is 150 Å². The summed E-state index contributed by atoms with van der Waals surface area (Å²) in [4.78, 5) is 61.9. The van der Waals surface area contributed by atoms with Crippen molar-refractivity contribution in [3.05, 3.63) is 0 Å². The van der Waals surface area contributed by atoms with Gasteiger partial charge in [0, 0.05) is 13.1 Å². The number of ether oxygens (including phenoxy) is 1. The minimum absolute atomic E-state index is 0.0102. The summed E-state index contributed by atoms with van der Waals surface area (Å²) in [6.45, 7) is 1.30. The predicted octanol–water partition coefficient (Wildman–Crippen LogP) is -0.418. The summed E-state index contributed by atoms with van der Waals surface area (Å²) in [5.74, 6) is -1.95. The van der Waals surface area contributed by atoms with Crippen LogP contribution in [-0.4, -0.2) is 71.4 Å². The van der Waals surface area contributed by atoms with Crippen LogP contribution < -0.4 is 10.6 Å². The van der Waals surface area contributed by atoms with Crippen LogP contribution in [0.3, 0.4) is 0 Å². The second-order valence-electron chi connectivity index (χ2n) is 6.88. The average molecular weight is 366 g/mol. The molecule has 26 heavy (non-hydrogen) atoms. The Kier molecular flexibility index (Phi) is 4.84. The quantitative estimate of drug-likeness (QED) is 0.514. The molecule has 2 saturated heterocycles. The molecule has 10 nitrogen and oxygen atoms in total. The molecule has 1 aliphatic carbocycles. The number of carbonyl (C=O) groups excluding carboxylic acids is 5. The first-order valence-electron chi connectivity index (χ1n) is 8.73. The summed E-state index contributed by atoms with van der Waals surface area (Å²) < 4.78 is 4.84. The van der Waals surface area contributed by atoms with Gasteiger partial charge in [-0.2, -0.15) is 0 Å². The van der Waals surface area contributed by atoms with Crippen molar-refractivity contribution in [2.45, 2.75) is 38.1 Å². The Morgan fingerprint density at radius 1 is 1.23 bits per heavy atom. The molecule has 0 aromatic rings. The Morgan fingerprint density at radius 3 is 2.65 bits per heavy atom. The van der Waals surface area contributed by atoms with Crippen LogP contribution in [0.1, 0.15) is 32.6 Å². The van der Waals surface area contributed by atoms with Crippen molar-refractivity contribution >= 4 is 29.8 Å². The number of nitrogens with zero attached hydrogens (tertiary/aromatic N) is 2. The highest BCUT2D eigenvalue weighted by Crippen LogP contribution is 2.38. The number of urea groups is 2. The van der Waals surface area contributed by atoms with E-state index in [4.69, 9.17) is 4.74 Å². The summed E-state index contributed by atoms with van der Waals surface area (Å²) in [5, 5.41) is 5.21. The molecule has 2 aliphatic heterocycles. The van der Waals surface area contributed by atoms with E-state index < -0.39 is 48.5 Å². The molecule has 0 radical (unpaired) electrons. The molecule has 0 aromatic carbocycles. The Morgan fingerprint density at radius 2 is 2.00 bits per heavy atom. The molecule has 142 valence electrons. The summed E-state index contributed by atoms with van der Waals surface area (Å²) in [6.07, 6.45) is 3.21. The van der Waals surface area contributed by atoms with Crippen molar-refractivity contribution in [2.24, 2.45) is 5.92 Å². The third-order valence-electron chi connectivity index (χ3n) is 5.30. The fourth-order valence-corrected chi connectivity index (χ4v) is 3.74. The standard InChI is InChI=1S/C16H22N4O6/c1-10-4-2-3-5-16(10)13(23)20(15(25)18-16)8-12(22)26-9-11(21)19-7-6-17-14(19)24/h10H,2-9H2,1H3,(H,17,24)(H,18,25)/t10-,16-/m1/s1. The predicted molar refractivity (Wildman–Crippen MR) is 86.7 cm³/mol. The zero-order valence-corrected chi connectivity index (χ0v) is 14.6. The zero-order chi connectivity index (χ0) is 18.9. The third-order valence-corrected chi connectivity index (χ3v) is 5.30. The van der Waals surface area contributed by atoms with Gasteiger partial charge >= 0.3 is 18.0 Å². The lowest BCUT2D eigenvalue weighted by Crippen LogP contribution is -2.54. The van der Waals surface area contributed by atoms with Crippen molar-refractivity contribution in [1.82, 2.24) is 20.4 Å². The fraction of sp³-hybridized carbons (Fsp3) is 0.688. The van der Waals surface area contributed by atoms with Gasteiger partial charge in [0.05, 0.1) is 0 Å². The van der Waals surface area contributed by atoms with Crippen LogP contribution in [0.15, 0.2) is 0 Å². The molecule has 3 fully saturated rings. The first-order valence-corrected chi connectivity index (χ1v) is 8.73. The van der Waals surface area contributed by atoms with Crippen molar-refractivity contribution in [2.75, 3.05) is 26.2 Å². The minimum Gasteiger partial charge on any atom is -0.454 e. The molecule has 2 N–H and O–H groups in total. The number of nitrogens with one attached hydrogen (secondary N) is 2. The molecule has 0 unspecified atom stereocenters. The smallest absolute Gasteiger partial charge is 0.326 e. The molecule has 10 heteroatoms. The molecule has 1 spiro atoms. The van der Waals surface area contributed by atoms with Crippen molar-refractivity contribution in [1.29, 1.82) is 0 Å². The molecule has 2 heterocycles. The van der Waals surface area contributed by atoms with Crippen molar-refractivity contribution in [3.8, 4) is 0 Å². The number of amides is 6. The van der Waals surface area contributed by atoms with Gasteiger partial charge in [0.2, 0.25) is 0 Å². The second-order valence-corrected chi connectivity index (χ2v) is 6.88. The number of carbonyl (C=O) groups is 5. The summed E-state index contributed by atoms with van der Waals surface area (Å²) >= 11 is 0. The maximum absolute atomic E-state index is 12.7. The molecular weight excluding hydrogens is 344 g/mol. The maximum Gasteiger partial charge on any atom is 0.326 e. The molecule has 1 saturated carbocycles. The molecule has 3 aliphatic rings. The Hall–Kier alpha value is -2.65. The maximum atomic E-state index is 12.7. The van der Waals surface area contributed by atoms with E-state index in [0.717, 1.165) is 29.1 Å². The lowest BCUT2D eigenvalue weighted by molar-refractivity contribution is -0.153. The van der Waals surface area contributed by atoms with Crippen LogP contribution in [0.4, 0.5) is 9.59 Å². The lowest BCUT2D eigenvalue weighted by atomic mass is 9.73. The normalized spacial score (nSPS) is 28.3. The van der Waals surface area contributed by atoms with Crippen LogP contribution in [0.2, 0.25) is 0 Å². The Balaban J connectivity index is 1.55.